The summed E-state index contributed by atoms with van der Waals surface area (Å²) < 4.78 is 0. The summed E-state index contributed by atoms with van der Waals surface area (Å²) in [6, 6.07) is 14.6. The molecule has 0 aliphatic carbocycles. The first-order valence-electron chi connectivity index (χ1n) is 5.15. The van der Waals surface area contributed by atoms with E-state index in [9.17, 15) is 0 Å². The number of thiophene rings is 1. The van der Waals surface area contributed by atoms with Gasteiger partial charge in [-0.1, -0.05) is 48.2 Å². The van der Waals surface area contributed by atoms with Gasteiger partial charge in [0.05, 0.1) is 6.42 Å². The zero-order valence-corrected chi connectivity index (χ0v) is 10.6. The minimum Gasteiger partial charge on any atom is -0.252 e. The summed E-state index contributed by atoms with van der Waals surface area (Å²) in [5.41, 5.74) is 1.32. The second-order valence-corrected chi connectivity index (χ2v) is 5.63. The van der Waals surface area contributed by atoms with Crippen molar-refractivity contribution in [2.75, 3.05) is 0 Å². The Hall–Kier alpha value is -1.06. The Morgan fingerprint density at radius 2 is 1.94 bits per heavy atom. The first-order chi connectivity index (χ1) is 7.84. The van der Waals surface area contributed by atoms with Gasteiger partial charge in [0.25, 0.3) is 0 Å². The number of hydrogen-bond acceptors (Lipinski definition) is 2. The number of nitrogens with two attached hydrogens (primary N) is 1. The van der Waals surface area contributed by atoms with Crippen molar-refractivity contribution < 1.29 is 5.41 Å². The van der Waals surface area contributed by atoms with Gasteiger partial charge in [-0.3, -0.25) is 5.41 Å². The third kappa shape index (κ3) is 3.51. The minimum absolute atomic E-state index is 0.884. The van der Waals surface area contributed by atoms with Gasteiger partial charge < -0.3 is 0 Å². The molecule has 0 amide bonds. The molecule has 0 aliphatic heterocycles. The lowest BCUT2D eigenvalue weighted by molar-refractivity contribution is -0.110. The Morgan fingerprint density at radius 1 is 1.12 bits per heavy atom. The summed E-state index contributed by atoms with van der Waals surface area (Å²) in [7, 11) is 0. The van der Waals surface area contributed by atoms with Gasteiger partial charge in [-0.25, -0.2) is 0 Å². The van der Waals surface area contributed by atoms with Crippen LogP contribution in [-0.2, 0) is 12.2 Å². The molecule has 0 bridgehead atoms. The van der Waals surface area contributed by atoms with Crippen molar-refractivity contribution in [3.05, 3.63) is 58.3 Å². The molecule has 0 radical (unpaired) electrons. The zero-order chi connectivity index (χ0) is 11.2. The third-order valence-corrected chi connectivity index (χ3v) is 4.06. The lowest BCUT2D eigenvalue weighted by Gasteiger charge is -1.98. The standard InChI is InChI=1S/C13H13NS2/c14-13(9-12-7-4-8-15-12)16-10-11-5-2-1-3-6-11/h1-8,14H,9-10H2/p+1. The van der Waals surface area contributed by atoms with Gasteiger partial charge in [-0.15, -0.1) is 11.3 Å². The van der Waals surface area contributed by atoms with Crippen LogP contribution >= 0.6 is 23.1 Å². The van der Waals surface area contributed by atoms with E-state index in [-0.39, 0.29) is 0 Å². The summed E-state index contributed by atoms with van der Waals surface area (Å²) >= 11 is 3.49. The Morgan fingerprint density at radius 3 is 2.62 bits per heavy atom. The smallest absolute Gasteiger partial charge is 0.212 e. The molecular weight excluding hydrogens is 234 g/mol. The van der Waals surface area contributed by atoms with E-state index in [1.54, 1.807) is 23.1 Å². The van der Waals surface area contributed by atoms with Crippen molar-refractivity contribution in [1.29, 1.82) is 0 Å². The second kappa shape index (κ2) is 5.87. The molecule has 0 saturated heterocycles. The summed E-state index contributed by atoms with van der Waals surface area (Å²) in [5, 5.41) is 9.08. The first kappa shape index (κ1) is 11.4. The maximum absolute atomic E-state index is 6.00. The molecule has 0 atom stereocenters. The molecule has 3 heteroatoms. The molecule has 2 N–H and O–H groups in total. The highest BCUT2D eigenvalue weighted by atomic mass is 32.2. The van der Waals surface area contributed by atoms with E-state index >= 15 is 0 Å². The van der Waals surface area contributed by atoms with E-state index in [1.165, 1.54) is 10.4 Å². The highest BCUT2D eigenvalue weighted by molar-refractivity contribution is 8.12. The molecule has 16 heavy (non-hydrogen) atoms. The maximum atomic E-state index is 6.00. The lowest BCUT2D eigenvalue weighted by Crippen LogP contribution is -2.38. The van der Waals surface area contributed by atoms with Crippen LogP contribution in [-0.4, -0.2) is 5.04 Å². The summed E-state index contributed by atoms with van der Waals surface area (Å²) in [4.78, 5) is 1.33. The fraction of sp³-hybridized carbons (Fsp3) is 0.154. The molecule has 82 valence electrons. The number of thioether (sulfide) groups is 1. The average Bonchev–Trinajstić information content (AvgIpc) is 2.81. The highest BCUT2D eigenvalue weighted by Gasteiger charge is 2.06. The maximum Gasteiger partial charge on any atom is 0.212 e. The molecule has 1 nitrogen and oxygen atoms in total. The Bertz CT molecular complexity index is 434. The summed E-state index contributed by atoms with van der Waals surface area (Å²) in [6.45, 7) is 0. The average molecular weight is 248 g/mol. The van der Waals surface area contributed by atoms with Crippen LogP contribution in [0, 0.1) is 0 Å². The molecular formula is C13H14NS2+. The normalized spacial score (nSPS) is 10.2. The summed E-state index contributed by atoms with van der Waals surface area (Å²) in [5.74, 6) is 0.956. The lowest BCUT2D eigenvalue weighted by atomic mass is 10.2. The molecule has 1 aromatic heterocycles. The molecule has 2 rings (SSSR count). The van der Waals surface area contributed by atoms with E-state index < -0.39 is 0 Å². The van der Waals surface area contributed by atoms with Gasteiger partial charge in [0.1, 0.15) is 0 Å². The largest absolute Gasteiger partial charge is 0.252 e. The fourth-order valence-electron chi connectivity index (χ4n) is 1.39. The molecule has 0 unspecified atom stereocenters. The van der Waals surface area contributed by atoms with Crippen LogP contribution in [0.25, 0.3) is 0 Å². The van der Waals surface area contributed by atoms with Crippen LogP contribution in [0.3, 0.4) is 0 Å². The van der Waals surface area contributed by atoms with Gasteiger partial charge in [-0.05, 0) is 17.0 Å². The Balaban J connectivity index is 1.80. The van der Waals surface area contributed by atoms with Gasteiger partial charge in [0.2, 0.25) is 5.04 Å². The number of rotatable bonds is 4. The van der Waals surface area contributed by atoms with Crippen molar-refractivity contribution in [3.63, 3.8) is 0 Å². The monoisotopic (exact) mass is 248 g/mol. The molecule has 1 heterocycles. The van der Waals surface area contributed by atoms with Gasteiger partial charge in [0, 0.05) is 10.6 Å². The van der Waals surface area contributed by atoms with Crippen LogP contribution in [0.5, 0.6) is 0 Å². The van der Waals surface area contributed by atoms with Crippen molar-refractivity contribution in [2.24, 2.45) is 0 Å². The molecule has 0 fully saturated rings. The van der Waals surface area contributed by atoms with Crippen molar-refractivity contribution in [3.8, 4) is 0 Å². The van der Waals surface area contributed by atoms with E-state index in [1.807, 2.05) is 6.07 Å². The van der Waals surface area contributed by atoms with Crippen molar-refractivity contribution in [1.82, 2.24) is 0 Å². The third-order valence-electron chi connectivity index (χ3n) is 2.20. The number of benzene rings is 1. The molecule has 1 aromatic carbocycles. The van der Waals surface area contributed by atoms with Crippen LogP contribution < -0.4 is 5.41 Å². The highest BCUT2D eigenvalue weighted by Crippen LogP contribution is 2.16. The molecule has 0 aliphatic rings. The molecule has 0 spiro atoms. The number of hydrogen-bond donors (Lipinski definition) is 1. The van der Waals surface area contributed by atoms with E-state index in [4.69, 9.17) is 5.41 Å². The van der Waals surface area contributed by atoms with Crippen LogP contribution in [0.4, 0.5) is 0 Å². The zero-order valence-electron chi connectivity index (χ0n) is 8.93. The van der Waals surface area contributed by atoms with Crippen molar-refractivity contribution in [2.45, 2.75) is 12.2 Å². The summed E-state index contributed by atoms with van der Waals surface area (Å²) in [6.07, 6.45) is 0.884. The van der Waals surface area contributed by atoms with Crippen LogP contribution in [0.15, 0.2) is 47.8 Å². The van der Waals surface area contributed by atoms with Crippen LogP contribution in [0.2, 0.25) is 0 Å². The van der Waals surface area contributed by atoms with Gasteiger partial charge in [0.15, 0.2) is 0 Å². The van der Waals surface area contributed by atoms with Crippen LogP contribution in [0.1, 0.15) is 10.4 Å². The van der Waals surface area contributed by atoms with Gasteiger partial charge >= 0.3 is 0 Å². The first-order valence-corrected chi connectivity index (χ1v) is 7.01. The van der Waals surface area contributed by atoms with E-state index in [0.717, 1.165) is 17.2 Å². The SMILES string of the molecule is [NH2+]=C(Cc1cccs1)SCc1ccccc1. The topological polar surface area (TPSA) is 25.6 Å². The predicted octanol–water partition coefficient (Wildman–Crippen LogP) is 2.38. The molecule has 0 saturated carbocycles. The fourth-order valence-corrected chi connectivity index (χ4v) is 3.01. The second-order valence-electron chi connectivity index (χ2n) is 3.50. The Kier molecular flexibility index (Phi) is 4.19. The van der Waals surface area contributed by atoms with E-state index in [0.29, 0.717) is 0 Å². The predicted molar refractivity (Wildman–Crippen MR) is 72.7 cm³/mol. The van der Waals surface area contributed by atoms with E-state index in [2.05, 4.69) is 41.8 Å². The molecule has 2 aromatic rings. The quantitative estimate of drug-likeness (QED) is 0.652. The van der Waals surface area contributed by atoms with Gasteiger partial charge in [-0.2, -0.15) is 0 Å². The van der Waals surface area contributed by atoms with Crippen molar-refractivity contribution >= 4 is 28.1 Å². The minimum atomic E-state index is 0.884. The Labute approximate surface area is 104 Å².